The van der Waals surface area contributed by atoms with Crippen LogP contribution in [0.2, 0.25) is 0 Å². The molecule has 0 saturated carbocycles. The molecule has 2 N–H and O–H groups in total. The van der Waals surface area contributed by atoms with Crippen LogP contribution in [0.3, 0.4) is 0 Å². The first-order valence-electron chi connectivity index (χ1n) is 9.44. The van der Waals surface area contributed by atoms with E-state index < -0.39 is 53.7 Å². The minimum absolute atomic E-state index is 0.0355. The van der Waals surface area contributed by atoms with Gasteiger partial charge in [0.05, 0.1) is 6.10 Å². The van der Waals surface area contributed by atoms with Crippen LogP contribution in [-0.2, 0) is 19.0 Å². The average molecular weight is 403 g/mol. The molecule has 1 saturated heterocycles. The highest BCUT2D eigenvalue weighted by Gasteiger charge is 2.42. The molecule has 28 heavy (non-hydrogen) atoms. The molecular weight excluding hydrogens is 370 g/mol. The van der Waals surface area contributed by atoms with Crippen molar-refractivity contribution in [3.63, 3.8) is 0 Å². The lowest BCUT2D eigenvalue weighted by Crippen LogP contribution is -2.53. The molecular formula is C19H33NO8. The lowest BCUT2D eigenvalue weighted by Gasteiger charge is -2.32. The number of hydrogen-bond donors (Lipinski definition) is 2. The molecule has 162 valence electrons. The van der Waals surface area contributed by atoms with Gasteiger partial charge in [-0.2, -0.15) is 4.90 Å². The lowest BCUT2D eigenvalue weighted by atomic mass is 10.0. The predicted molar refractivity (Wildman–Crippen MR) is 99.5 cm³/mol. The van der Waals surface area contributed by atoms with Crippen molar-refractivity contribution in [1.29, 1.82) is 0 Å². The van der Waals surface area contributed by atoms with Crippen LogP contribution >= 0.6 is 0 Å². The third-order valence-electron chi connectivity index (χ3n) is 3.92. The average Bonchev–Trinajstić information content (AvgIpc) is 2.51. The molecule has 1 heterocycles. The second-order valence-corrected chi connectivity index (χ2v) is 8.98. The second kappa shape index (κ2) is 9.09. The van der Waals surface area contributed by atoms with Crippen LogP contribution in [0.1, 0.15) is 67.7 Å². The van der Waals surface area contributed by atoms with Crippen molar-refractivity contribution in [2.24, 2.45) is 0 Å². The Balaban J connectivity index is 3.22. The van der Waals surface area contributed by atoms with Gasteiger partial charge in [0.25, 0.3) is 0 Å². The molecule has 0 spiro atoms. The standard InChI is InChI=1S/C19H33NO8/c1-11-14(22)13(21)10-8-9-12(15(23)26-11)20(16(24)27-18(2,3)4)17(25)28-19(5,6)7/h11-14,21-22H,8-10H2,1-7H3. The molecule has 1 aliphatic rings. The highest BCUT2D eigenvalue weighted by atomic mass is 16.6. The summed E-state index contributed by atoms with van der Waals surface area (Å²) < 4.78 is 15.8. The second-order valence-electron chi connectivity index (χ2n) is 8.98. The van der Waals surface area contributed by atoms with Crippen LogP contribution in [-0.4, -0.2) is 68.8 Å². The van der Waals surface area contributed by atoms with Gasteiger partial charge in [0.15, 0.2) is 0 Å². The van der Waals surface area contributed by atoms with Gasteiger partial charge in [-0.25, -0.2) is 14.4 Å². The normalized spacial score (nSPS) is 27.0. The number of nitrogens with zero attached hydrogens (tertiary/aromatic N) is 1. The van der Waals surface area contributed by atoms with Crippen molar-refractivity contribution in [1.82, 2.24) is 4.90 Å². The van der Waals surface area contributed by atoms with E-state index in [1.54, 1.807) is 41.5 Å². The zero-order valence-corrected chi connectivity index (χ0v) is 17.7. The van der Waals surface area contributed by atoms with Crippen LogP contribution in [0.25, 0.3) is 0 Å². The van der Waals surface area contributed by atoms with E-state index in [-0.39, 0.29) is 19.3 Å². The largest absolute Gasteiger partial charge is 0.458 e. The first-order valence-corrected chi connectivity index (χ1v) is 9.44. The quantitative estimate of drug-likeness (QED) is 0.505. The summed E-state index contributed by atoms with van der Waals surface area (Å²) in [5.41, 5.74) is -1.81. The summed E-state index contributed by atoms with van der Waals surface area (Å²) in [6, 6.07) is -1.30. The van der Waals surface area contributed by atoms with E-state index >= 15 is 0 Å². The minimum Gasteiger partial charge on any atom is -0.458 e. The maximum absolute atomic E-state index is 12.7. The Morgan fingerprint density at radius 3 is 1.89 bits per heavy atom. The third kappa shape index (κ3) is 7.27. The van der Waals surface area contributed by atoms with Crippen molar-refractivity contribution in [2.75, 3.05) is 0 Å². The van der Waals surface area contributed by atoms with Crippen LogP contribution in [0.4, 0.5) is 9.59 Å². The van der Waals surface area contributed by atoms with Gasteiger partial charge in [-0.15, -0.1) is 0 Å². The van der Waals surface area contributed by atoms with E-state index in [0.29, 0.717) is 4.90 Å². The molecule has 9 heteroatoms. The molecule has 4 unspecified atom stereocenters. The van der Waals surface area contributed by atoms with Crippen LogP contribution in [0, 0.1) is 0 Å². The number of esters is 1. The van der Waals surface area contributed by atoms with Gasteiger partial charge >= 0.3 is 18.2 Å². The number of rotatable bonds is 1. The Morgan fingerprint density at radius 2 is 1.46 bits per heavy atom. The summed E-state index contributed by atoms with van der Waals surface area (Å²) >= 11 is 0. The van der Waals surface area contributed by atoms with Gasteiger partial charge in [-0.1, -0.05) is 0 Å². The highest BCUT2D eigenvalue weighted by molar-refractivity contribution is 5.94. The molecule has 0 bridgehead atoms. The maximum Gasteiger partial charge on any atom is 0.420 e. The van der Waals surface area contributed by atoms with E-state index in [0.717, 1.165) is 0 Å². The number of aliphatic hydroxyl groups is 2. The molecule has 0 aromatic rings. The smallest absolute Gasteiger partial charge is 0.420 e. The van der Waals surface area contributed by atoms with Crippen LogP contribution < -0.4 is 0 Å². The Bertz CT molecular complexity index is 549. The molecule has 1 aliphatic heterocycles. The maximum atomic E-state index is 12.7. The summed E-state index contributed by atoms with van der Waals surface area (Å²) in [5.74, 6) is -0.877. The molecule has 9 nitrogen and oxygen atoms in total. The summed E-state index contributed by atoms with van der Waals surface area (Å²) in [6.45, 7) is 11.2. The number of carbonyl (C=O) groups is 3. The fourth-order valence-electron chi connectivity index (χ4n) is 2.64. The molecule has 1 fully saturated rings. The summed E-state index contributed by atoms with van der Waals surface area (Å²) in [5, 5.41) is 20.0. The monoisotopic (exact) mass is 403 g/mol. The summed E-state index contributed by atoms with van der Waals surface area (Å²) in [6.07, 6.45) is -4.94. The fraction of sp³-hybridized carbons (Fsp3) is 0.842. The number of aliphatic hydroxyl groups excluding tert-OH is 2. The predicted octanol–water partition coefficient (Wildman–Crippen LogP) is 2.36. The molecule has 0 aromatic carbocycles. The third-order valence-corrected chi connectivity index (χ3v) is 3.92. The lowest BCUT2D eigenvalue weighted by molar-refractivity contribution is -0.162. The van der Waals surface area contributed by atoms with Gasteiger partial charge in [0.2, 0.25) is 0 Å². The zero-order valence-electron chi connectivity index (χ0n) is 17.7. The molecule has 0 aliphatic carbocycles. The van der Waals surface area contributed by atoms with Crippen molar-refractivity contribution >= 4 is 18.2 Å². The fourth-order valence-corrected chi connectivity index (χ4v) is 2.64. The van der Waals surface area contributed by atoms with Gasteiger partial charge in [0, 0.05) is 0 Å². The first kappa shape index (κ1) is 24.2. The Kier molecular flexibility index (Phi) is 7.84. The summed E-state index contributed by atoms with van der Waals surface area (Å²) in [7, 11) is 0. The van der Waals surface area contributed by atoms with Crippen molar-refractivity contribution < 1.29 is 38.8 Å². The van der Waals surface area contributed by atoms with Gasteiger partial charge in [-0.3, -0.25) is 0 Å². The Hall–Kier alpha value is -1.87. The topological polar surface area (TPSA) is 123 Å². The number of hydrogen-bond acceptors (Lipinski definition) is 8. The van der Waals surface area contributed by atoms with E-state index in [1.807, 2.05) is 0 Å². The Labute approximate surface area is 165 Å². The first-order chi connectivity index (χ1) is 12.6. The van der Waals surface area contributed by atoms with E-state index in [4.69, 9.17) is 14.2 Å². The number of imide groups is 1. The molecule has 0 radical (unpaired) electrons. The molecule has 0 aromatic heterocycles. The summed E-state index contributed by atoms with van der Waals surface area (Å²) in [4.78, 5) is 38.8. The van der Waals surface area contributed by atoms with Gasteiger partial charge in [0.1, 0.15) is 29.5 Å². The van der Waals surface area contributed by atoms with Crippen LogP contribution in [0.5, 0.6) is 0 Å². The van der Waals surface area contributed by atoms with Gasteiger partial charge < -0.3 is 24.4 Å². The van der Waals surface area contributed by atoms with E-state index in [2.05, 4.69) is 0 Å². The van der Waals surface area contributed by atoms with Gasteiger partial charge in [-0.05, 0) is 67.7 Å². The molecule has 4 atom stereocenters. The highest BCUT2D eigenvalue weighted by Crippen LogP contribution is 2.23. The van der Waals surface area contributed by atoms with E-state index in [1.165, 1.54) is 6.92 Å². The molecule has 2 amide bonds. The zero-order chi connectivity index (χ0) is 21.9. The number of amides is 2. The van der Waals surface area contributed by atoms with Crippen molar-refractivity contribution in [3.05, 3.63) is 0 Å². The van der Waals surface area contributed by atoms with Crippen molar-refractivity contribution in [2.45, 2.75) is 103 Å². The van der Waals surface area contributed by atoms with Crippen molar-refractivity contribution in [3.8, 4) is 0 Å². The number of carbonyl (C=O) groups excluding carboxylic acids is 3. The Morgan fingerprint density at radius 1 is 1.00 bits per heavy atom. The molecule has 1 rings (SSSR count). The minimum atomic E-state index is -1.30. The SMILES string of the molecule is CC1OC(=O)C(N(C(=O)OC(C)(C)C)C(=O)OC(C)(C)C)CCCC(O)C1O. The van der Waals surface area contributed by atoms with Crippen LogP contribution in [0.15, 0.2) is 0 Å². The number of cyclic esters (lactones) is 1. The van der Waals surface area contributed by atoms with E-state index in [9.17, 15) is 24.6 Å². The number of ether oxygens (including phenoxy) is 3.